The summed E-state index contributed by atoms with van der Waals surface area (Å²) in [5.41, 5.74) is 0.534. The van der Waals surface area contributed by atoms with Crippen LogP contribution in [0.2, 0.25) is 0 Å². The van der Waals surface area contributed by atoms with E-state index < -0.39 is 0 Å². The number of aromatic hydroxyl groups is 1. The molecule has 0 aromatic heterocycles. The average molecular weight is 192 g/mol. The summed E-state index contributed by atoms with van der Waals surface area (Å²) in [5, 5.41) is 9.26. The second-order valence-electron chi connectivity index (χ2n) is 3.66. The van der Waals surface area contributed by atoms with Crippen LogP contribution in [0.15, 0.2) is 18.2 Å². The van der Waals surface area contributed by atoms with Gasteiger partial charge < -0.3 is 14.6 Å². The van der Waals surface area contributed by atoms with Gasteiger partial charge in [-0.25, -0.2) is 0 Å². The second kappa shape index (κ2) is 3.01. The minimum atomic E-state index is -0.348. The lowest BCUT2D eigenvalue weighted by atomic mass is 9.96. The second-order valence-corrected chi connectivity index (χ2v) is 3.66. The molecule has 3 heteroatoms. The van der Waals surface area contributed by atoms with Gasteiger partial charge in [-0.05, 0) is 18.9 Å². The van der Waals surface area contributed by atoms with E-state index in [0.717, 1.165) is 24.7 Å². The number of phenolic OH excluding ortho intramolecular Hbond substituents is 1. The molecule has 74 valence electrons. The molecule has 14 heavy (non-hydrogen) atoms. The zero-order valence-corrected chi connectivity index (χ0v) is 7.99. The first-order chi connectivity index (χ1) is 6.72. The fourth-order valence-electron chi connectivity index (χ4n) is 1.68. The number of methoxy groups -OCH3 is 1. The number of phenols is 1. The molecule has 1 saturated carbocycles. The highest BCUT2D eigenvalue weighted by Gasteiger charge is 2.46. The number of rotatable bonds is 3. The van der Waals surface area contributed by atoms with Crippen molar-refractivity contribution in [2.24, 2.45) is 0 Å². The Morgan fingerprint density at radius 1 is 1.50 bits per heavy atom. The third kappa shape index (κ3) is 1.25. The predicted octanol–water partition coefficient (Wildman–Crippen LogP) is 1.63. The minimum absolute atomic E-state index is 0.160. The highest BCUT2D eigenvalue weighted by Crippen LogP contribution is 2.50. The molecule has 0 aliphatic heterocycles. The summed E-state index contributed by atoms with van der Waals surface area (Å²) in [4.78, 5) is 10.9. The summed E-state index contributed by atoms with van der Waals surface area (Å²) in [6, 6.07) is 4.88. The van der Waals surface area contributed by atoms with Gasteiger partial charge in [0.15, 0.2) is 0 Å². The molecular formula is C11H12O3. The minimum Gasteiger partial charge on any atom is -0.508 e. The monoisotopic (exact) mass is 192 g/mol. The van der Waals surface area contributed by atoms with E-state index in [-0.39, 0.29) is 11.2 Å². The van der Waals surface area contributed by atoms with Gasteiger partial charge in [0.25, 0.3) is 0 Å². The van der Waals surface area contributed by atoms with Crippen LogP contribution in [0.4, 0.5) is 0 Å². The smallest absolute Gasteiger partial charge is 0.130 e. The lowest BCUT2D eigenvalue weighted by molar-refractivity contribution is -0.109. The summed E-state index contributed by atoms with van der Waals surface area (Å²) in [6.07, 6.45) is 2.72. The fraction of sp³-hybridized carbons (Fsp3) is 0.364. The maximum atomic E-state index is 10.9. The van der Waals surface area contributed by atoms with Gasteiger partial charge in [-0.1, -0.05) is 6.07 Å². The first kappa shape index (κ1) is 9.06. The number of hydrogen-bond donors (Lipinski definition) is 1. The number of ether oxygens (including phenoxy) is 1. The van der Waals surface area contributed by atoms with Crippen molar-refractivity contribution in [3.8, 4) is 11.5 Å². The van der Waals surface area contributed by atoms with Crippen LogP contribution in [0.25, 0.3) is 0 Å². The standard InChI is InChI=1S/C11H12O3/c1-14-10-6-8(13)2-3-9(10)11(7-12)4-5-11/h2-3,6-7,13H,4-5H2,1H3. The Bertz CT molecular complexity index is 367. The summed E-state index contributed by atoms with van der Waals surface area (Å²) in [5.74, 6) is 0.752. The van der Waals surface area contributed by atoms with E-state index >= 15 is 0 Å². The fourth-order valence-corrected chi connectivity index (χ4v) is 1.68. The quantitative estimate of drug-likeness (QED) is 0.740. The Hall–Kier alpha value is -1.51. The van der Waals surface area contributed by atoms with Crippen molar-refractivity contribution in [3.63, 3.8) is 0 Å². The van der Waals surface area contributed by atoms with Crippen molar-refractivity contribution in [1.82, 2.24) is 0 Å². The molecule has 0 saturated heterocycles. The SMILES string of the molecule is COc1cc(O)ccc1C1(C=O)CC1. The average Bonchev–Trinajstić information content (AvgIpc) is 2.98. The molecule has 1 aromatic rings. The van der Waals surface area contributed by atoms with E-state index in [0.29, 0.717) is 5.75 Å². The number of benzene rings is 1. The van der Waals surface area contributed by atoms with E-state index in [9.17, 15) is 9.90 Å². The van der Waals surface area contributed by atoms with Crippen LogP contribution in [-0.4, -0.2) is 18.5 Å². The molecule has 1 aliphatic carbocycles. The first-order valence-corrected chi connectivity index (χ1v) is 4.56. The van der Waals surface area contributed by atoms with Gasteiger partial charge in [0.2, 0.25) is 0 Å². The molecule has 1 N–H and O–H groups in total. The van der Waals surface area contributed by atoms with Gasteiger partial charge in [-0.3, -0.25) is 0 Å². The summed E-state index contributed by atoms with van der Waals surface area (Å²) < 4.78 is 5.14. The first-order valence-electron chi connectivity index (χ1n) is 4.56. The van der Waals surface area contributed by atoms with Gasteiger partial charge in [0.1, 0.15) is 17.8 Å². The van der Waals surface area contributed by atoms with Crippen molar-refractivity contribution in [2.75, 3.05) is 7.11 Å². The van der Waals surface area contributed by atoms with Crippen LogP contribution in [0, 0.1) is 0 Å². The molecule has 0 atom stereocenters. The Morgan fingerprint density at radius 2 is 2.21 bits per heavy atom. The third-order valence-corrected chi connectivity index (χ3v) is 2.74. The van der Waals surface area contributed by atoms with Crippen LogP contribution in [0.3, 0.4) is 0 Å². The zero-order chi connectivity index (χ0) is 10.2. The Kier molecular flexibility index (Phi) is 1.95. The molecule has 1 aliphatic rings. The summed E-state index contributed by atoms with van der Waals surface area (Å²) in [6.45, 7) is 0. The molecule has 2 rings (SSSR count). The van der Waals surface area contributed by atoms with Crippen molar-refractivity contribution in [2.45, 2.75) is 18.3 Å². The van der Waals surface area contributed by atoms with Gasteiger partial charge >= 0.3 is 0 Å². The zero-order valence-electron chi connectivity index (χ0n) is 7.99. The molecule has 1 fully saturated rings. The highest BCUT2D eigenvalue weighted by atomic mass is 16.5. The molecule has 0 spiro atoms. The van der Waals surface area contributed by atoms with Crippen molar-refractivity contribution in [1.29, 1.82) is 0 Å². The van der Waals surface area contributed by atoms with Crippen molar-refractivity contribution in [3.05, 3.63) is 23.8 Å². The van der Waals surface area contributed by atoms with E-state index in [1.54, 1.807) is 25.3 Å². The molecule has 0 radical (unpaired) electrons. The molecular weight excluding hydrogens is 180 g/mol. The van der Waals surface area contributed by atoms with Crippen LogP contribution < -0.4 is 4.74 Å². The van der Waals surface area contributed by atoms with Gasteiger partial charge in [-0.2, -0.15) is 0 Å². The lowest BCUT2D eigenvalue weighted by Gasteiger charge is -2.12. The molecule has 1 aromatic carbocycles. The Labute approximate surface area is 82.3 Å². The van der Waals surface area contributed by atoms with Gasteiger partial charge in [-0.15, -0.1) is 0 Å². The van der Waals surface area contributed by atoms with Crippen LogP contribution in [0.1, 0.15) is 18.4 Å². The van der Waals surface area contributed by atoms with Crippen molar-refractivity contribution >= 4 is 6.29 Å². The maximum absolute atomic E-state index is 10.9. The molecule has 0 heterocycles. The van der Waals surface area contributed by atoms with E-state index in [2.05, 4.69) is 0 Å². The third-order valence-electron chi connectivity index (χ3n) is 2.74. The number of carbonyl (C=O) groups excluding carboxylic acids is 1. The Morgan fingerprint density at radius 3 is 2.71 bits per heavy atom. The number of aldehydes is 1. The van der Waals surface area contributed by atoms with E-state index in [4.69, 9.17) is 4.74 Å². The molecule has 0 unspecified atom stereocenters. The lowest BCUT2D eigenvalue weighted by Crippen LogP contribution is -2.09. The normalized spacial score (nSPS) is 17.5. The molecule has 0 amide bonds. The number of carbonyl (C=O) groups is 1. The summed E-state index contributed by atoms with van der Waals surface area (Å²) in [7, 11) is 1.54. The molecule has 0 bridgehead atoms. The molecule has 3 nitrogen and oxygen atoms in total. The van der Waals surface area contributed by atoms with Crippen molar-refractivity contribution < 1.29 is 14.6 Å². The van der Waals surface area contributed by atoms with Gasteiger partial charge in [0, 0.05) is 11.6 Å². The highest BCUT2D eigenvalue weighted by molar-refractivity contribution is 5.75. The van der Waals surface area contributed by atoms with Crippen LogP contribution in [-0.2, 0) is 10.2 Å². The van der Waals surface area contributed by atoms with Crippen LogP contribution in [0.5, 0.6) is 11.5 Å². The van der Waals surface area contributed by atoms with E-state index in [1.165, 1.54) is 0 Å². The van der Waals surface area contributed by atoms with E-state index in [1.807, 2.05) is 0 Å². The Balaban J connectivity index is 2.47. The number of hydrogen-bond acceptors (Lipinski definition) is 3. The van der Waals surface area contributed by atoms with Gasteiger partial charge in [0.05, 0.1) is 12.5 Å². The van der Waals surface area contributed by atoms with Crippen LogP contribution >= 0.6 is 0 Å². The maximum Gasteiger partial charge on any atom is 0.130 e. The topological polar surface area (TPSA) is 46.5 Å². The summed E-state index contributed by atoms with van der Waals surface area (Å²) >= 11 is 0. The predicted molar refractivity (Wildman–Crippen MR) is 51.6 cm³/mol. The largest absolute Gasteiger partial charge is 0.508 e.